The van der Waals surface area contributed by atoms with E-state index in [1.165, 1.54) is 10.9 Å². The van der Waals surface area contributed by atoms with E-state index in [2.05, 4.69) is 20.6 Å². The molecule has 0 unspecified atom stereocenters. The van der Waals surface area contributed by atoms with E-state index < -0.39 is 23.1 Å². The van der Waals surface area contributed by atoms with Crippen LogP contribution in [0.25, 0.3) is 33.1 Å². The van der Waals surface area contributed by atoms with Gasteiger partial charge in [0.25, 0.3) is 5.91 Å². The van der Waals surface area contributed by atoms with Gasteiger partial charge in [0.1, 0.15) is 17.2 Å². The molecule has 0 saturated heterocycles. The van der Waals surface area contributed by atoms with E-state index in [0.29, 0.717) is 5.69 Å². The van der Waals surface area contributed by atoms with Crippen LogP contribution in [0.4, 0.5) is 14.5 Å². The highest BCUT2D eigenvalue weighted by Gasteiger charge is 2.22. The minimum absolute atomic E-state index is 0.0840. The van der Waals surface area contributed by atoms with Crippen molar-refractivity contribution in [1.82, 2.24) is 20.0 Å². The number of carbonyl (C=O) groups excluding carboxylic acids is 1. The molecule has 148 valence electrons. The SMILES string of the molecule is Cn1ncc2c(F)c(C(=O)Nc3ccc4[nH]nc(-c5ccccc5)c4c3)c(F)cc21. The molecule has 0 aliphatic rings. The Balaban J connectivity index is 1.53. The molecule has 3 aromatic carbocycles. The standard InChI is InChI=1S/C22H15F2N5O/c1-29-18-10-16(23)19(20(24)15(18)11-25-29)22(30)26-13-7-8-17-14(9-13)21(28-27-17)12-5-3-2-4-6-12/h2-11H,1H3,(H,26,30)(H,27,28). The number of benzene rings is 3. The third-order valence-electron chi connectivity index (χ3n) is 5.04. The molecular formula is C22H15F2N5O. The summed E-state index contributed by atoms with van der Waals surface area (Å²) < 4.78 is 30.7. The maximum atomic E-state index is 14.8. The summed E-state index contributed by atoms with van der Waals surface area (Å²) in [6, 6.07) is 15.8. The number of halogens is 2. The number of aryl methyl sites for hydroxylation is 1. The molecule has 0 atom stereocenters. The van der Waals surface area contributed by atoms with Crippen LogP contribution in [0.1, 0.15) is 10.4 Å². The summed E-state index contributed by atoms with van der Waals surface area (Å²) in [6.45, 7) is 0. The monoisotopic (exact) mass is 403 g/mol. The highest BCUT2D eigenvalue weighted by molar-refractivity contribution is 6.08. The molecule has 5 aromatic rings. The molecule has 2 heterocycles. The normalized spacial score (nSPS) is 11.3. The zero-order valence-corrected chi connectivity index (χ0v) is 15.8. The molecule has 2 N–H and O–H groups in total. The highest BCUT2D eigenvalue weighted by Crippen LogP contribution is 2.29. The smallest absolute Gasteiger partial charge is 0.261 e. The van der Waals surface area contributed by atoms with Crippen LogP contribution in [0.2, 0.25) is 0 Å². The third-order valence-corrected chi connectivity index (χ3v) is 5.04. The zero-order valence-electron chi connectivity index (χ0n) is 15.8. The second kappa shape index (κ2) is 6.77. The first-order valence-electron chi connectivity index (χ1n) is 9.17. The third kappa shape index (κ3) is 2.81. The lowest BCUT2D eigenvalue weighted by atomic mass is 10.1. The number of H-pyrrole nitrogens is 1. The molecule has 0 aliphatic carbocycles. The molecule has 0 bridgehead atoms. The summed E-state index contributed by atoms with van der Waals surface area (Å²) in [6.07, 6.45) is 1.27. The van der Waals surface area contributed by atoms with Gasteiger partial charge in [-0.1, -0.05) is 30.3 Å². The summed E-state index contributed by atoms with van der Waals surface area (Å²) in [5.41, 5.74) is 2.43. The van der Waals surface area contributed by atoms with Gasteiger partial charge in [-0.05, 0) is 18.2 Å². The Morgan fingerprint density at radius 2 is 1.87 bits per heavy atom. The van der Waals surface area contributed by atoms with Gasteiger partial charge < -0.3 is 5.32 Å². The second-order valence-corrected chi connectivity index (χ2v) is 6.90. The van der Waals surface area contributed by atoms with E-state index in [9.17, 15) is 13.6 Å². The Morgan fingerprint density at radius 3 is 2.67 bits per heavy atom. The molecule has 0 saturated carbocycles. The maximum Gasteiger partial charge on any atom is 0.261 e. The average molecular weight is 403 g/mol. The zero-order chi connectivity index (χ0) is 20.8. The molecule has 30 heavy (non-hydrogen) atoms. The summed E-state index contributed by atoms with van der Waals surface area (Å²) in [5.74, 6) is -2.76. The fraction of sp³-hybridized carbons (Fsp3) is 0.0455. The van der Waals surface area contributed by atoms with Crippen LogP contribution in [0, 0.1) is 11.6 Å². The van der Waals surface area contributed by atoms with E-state index in [1.807, 2.05) is 30.3 Å². The van der Waals surface area contributed by atoms with Crippen LogP contribution in [0.5, 0.6) is 0 Å². The van der Waals surface area contributed by atoms with Crippen molar-refractivity contribution < 1.29 is 13.6 Å². The molecule has 0 fully saturated rings. The number of rotatable bonds is 3. The van der Waals surface area contributed by atoms with Gasteiger partial charge in [0.15, 0.2) is 0 Å². The van der Waals surface area contributed by atoms with Crippen molar-refractivity contribution in [2.24, 2.45) is 7.05 Å². The predicted octanol–water partition coefficient (Wildman–Crippen LogP) is 4.65. The molecule has 1 amide bonds. The topological polar surface area (TPSA) is 75.6 Å². The largest absolute Gasteiger partial charge is 0.322 e. The Bertz CT molecular complexity index is 1420. The second-order valence-electron chi connectivity index (χ2n) is 6.90. The molecule has 8 heteroatoms. The van der Waals surface area contributed by atoms with Crippen molar-refractivity contribution in [1.29, 1.82) is 0 Å². The summed E-state index contributed by atoms with van der Waals surface area (Å²) >= 11 is 0. The number of aromatic amines is 1. The molecule has 6 nitrogen and oxygen atoms in total. The number of aromatic nitrogens is 4. The summed E-state index contributed by atoms with van der Waals surface area (Å²) in [4.78, 5) is 12.7. The number of nitrogens with one attached hydrogen (secondary N) is 2. The molecule has 0 aliphatic heterocycles. The van der Waals surface area contributed by atoms with Crippen molar-refractivity contribution in [3.8, 4) is 11.3 Å². The van der Waals surface area contributed by atoms with Crippen molar-refractivity contribution in [2.75, 3.05) is 5.32 Å². The maximum absolute atomic E-state index is 14.8. The van der Waals surface area contributed by atoms with Crippen LogP contribution in [0.3, 0.4) is 0 Å². The first-order chi connectivity index (χ1) is 14.5. The van der Waals surface area contributed by atoms with Gasteiger partial charge in [0.2, 0.25) is 0 Å². The Labute approximate surface area is 169 Å². The quantitative estimate of drug-likeness (QED) is 0.461. The lowest BCUT2D eigenvalue weighted by Gasteiger charge is -2.09. The molecule has 0 radical (unpaired) electrons. The van der Waals surface area contributed by atoms with Crippen LogP contribution >= 0.6 is 0 Å². The number of hydrogen-bond acceptors (Lipinski definition) is 3. The first kappa shape index (κ1) is 18.0. The lowest BCUT2D eigenvalue weighted by molar-refractivity contribution is 0.101. The van der Waals surface area contributed by atoms with Crippen LogP contribution in [-0.2, 0) is 7.05 Å². The molecule has 0 spiro atoms. The van der Waals surface area contributed by atoms with Gasteiger partial charge >= 0.3 is 0 Å². The number of nitrogens with zero attached hydrogens (tertiary/aromatic N) is 3. The first-order valence-corrected chi connectivity index (χ1v) is 9.17. The number of anilines is 1. The summed E-state index contributed by atoms with van der Waals surface area (Å²) in [7, 11) is 1.57. The van der Waals surface area contributed by atoms with Gasteiger partial charge in [-0.3, -0.25) is 14.6 Å². The van der Waals surface area contributed by atoms with E-state index in [4.69, 9.17) is 0 Å². The number of carbonyl (C=O) groups is 1. The van der Waals surface area contributed by atoms with Gasteiger partial charge in [-0.15, -0.1) is 0 Å². The lowest BCUT2D eigenvalue weighted by Crippen LogP contribution is -2.16. The minimum atomic E-state index is -0.949. The fourth-order valence-electron chi connectivity index (χ4n) is 3.53. The Morgan fingerprint density at radius 1 is 1.07 bits per heavy atom. The molecule has 5 rings (SSSR count). The minimum Gasteiger partial charge on any atom is -0.322 e. The number of fused-ring (bicyclic) bond motifs is 2. The van der Waals surface area contributed by atoms with E-state index in [-0.39, 0.29) is 10.9 Å². The van der Waals surface area contributed by atoms with Gasteiger partial charge in [-0.25, -0.2) is 8.78 Å². The van der Waals surface area contributed by atoms with E-state index in [1.54, 1.807) is 25.2 Å². The highest BCUT2D eigenvalue weighted by atomic mass is 19.1. The van der Waals surface area contributed by atoms with Crippen molar-refractivity contribution in [3.05, 3.63) is 78.0 Å². The van der Waals surface area contributed by atoms with Gasteiger partial charge in [0, 0.05) is 29.8 Å². The number of amides is 1. The van der Waals surface area contributed by atoms with Crippen molar-refractivity contribution >= 4 is 33.4 Å². The van der Waals surface area contributed by atoms with Crippen LogP contribution < -0.4 is 5.32 Å². The Kier molecular flexibility index (Phi) is 4.06. The van der Waals surface area contributed by atoms with Crippen molar-refractivity contribution in [3.63, 3.8) is 0 Å². The molecule has 2 aromatic heterocycles. The fourth-order valence-corrected chi connectivity index (χ4v) is 3.53. The average Bonchev–Trinajstić information content (AvgIpc) is 3.32. The van der Waals surface area contributed by atoms with Gasteiger partial charge in [0.05, 0.1) is 28.3 Å². The Hall–Kier alpha value is -4.07. The summed E-state index contributed by atoms with van der Waals surface area (Å²) in [5, 5.41) is 14.7. The van der Waals surface area contributed by atoms with Crippen molar-refractivity contribution in [2.45, 2.75) is 0 Å². The molecular weight excluding hydrogens is 388 g/mol. The van der Waals surface area contributed by atoms with Crippen LogP contribution in [0.15, 0.2) is 60.8 Å². The van der Waals surface area contributed by atoms with Gasteiger partial charge in [-0.2, -0.15) is 10.2 Å². The van der Waals surface area contributed by atoms with E-state index >= 15 is 0 Å². The predicted molar refractivity (Wildman–Crippen MR) is 110 cm³/mol. The van der Waals surface area contributed by atoms with E-state index in [0.717, 1.165) is 28.2 Å². The van der Waals surface area contributed by atoms with Crippen LogP contribution in [-0.4, -0.2) is 25.9 Å². The number of hydrogen-bond donors (Lipinski definition) is 2.